The molecule has 0 bridgehead atoms. The van der Waals surface area contributed by atoms with E-state index in [4.69, 9.17) is 0 Å². The van der Waals surface area contributed by atoms with E-state index in [9.17, 15) is 14.9 Å². The van der Waals surface area contributed by atoms with Crippen molar-refractivity contribution in [1.29, 1.82) is 0 Å². The van der Waals surface area contributed by atoms with Crippen molar-refractivity contribution in [2.45, 2.75) is 10.1 Å². The molecular weight excluding hydrogens is 348 g/mol. The van der Waals surface area contributed by atoms with E-state index in [2.05, 4.69) is 5.32 Å². The van der Waals surface area contributed by atoms with Crippen LogP contribution in [-0.4, -0.2) is 10.8 Å². The summed E-state index contributed by atoms with van der Waals surface area (Å²) < 4.78 is 0. The van der Waals surface area contributed by atoms with Crippen LogP contribution in [0.1, 0.15) is 10.8 Å². The molecule has 0 aliphatic heterocycles. The number of nitro benzene ring substituents is 1. The van der Waals surface area contributed by atoms with Gasteiger partial charge in [0.25, 0.3) is 5.69 Å². The molecule has 0 saturated carbocycles. The quantitative estimate of drug-likeness (QED) is 0.377. The maximum Gasteiger partial charge on any atom is 0.269 e. The summed E-state index contributed by atoms with van der Waals surface area (Å²) in [5.74, 6) is -0.182. The van der Waals surface area contributed by atoms with Crippen molar-refractivity contribution in [2.24, 2.45) is 0 Å². The zero-order valence-corrected chi connectivity index (χ0v) is 14.6. The van der Waals surface area contributed by atoms with Crippen molar-refractivity contribution >= 4 is 29.0 Å². The lowest BCUT2D eigenvalue weighted by atomic mass is 10.1. The highest BCUT2D eigenvalue weighted by Crippen LogP contribution is 2.36. The number of carbonyl (C=O) groups is 1. The lowest BCUT2D eigenvalue weighted by molar-refractivity contribution is -0.384. The molecule has 0 saturated heterocycles. The molecule has 3 rings (SSSR count). The Bertz CT molecular complexity index is 884. The van der Waals surface area contributed by atoms with Crippen LogP contribution < -0.4 is 5.32 Å². The highest BCUT2D eigenvalue weighted by Gasteiger charge is 2.22. The van der Waals surface area contributed by atoms with Gasteiger partial charge in [0.2, 0.25) is 5.91 Å². The second kappa shape index (κ2) is 8.31. The van der Waals surface area contributed by atoms with E-state index < -0.39 is 10.2 Å². The standard InChI is InChI=1S/C20H16N2O3S/c23-20(21-16-11-13-17(14-12-16)22(24)25)19(15-7-3-1-4-8-15)26-18-9-5-2-6-10-18/h1-14,19H,(H,21,23). The van der Waals surface area contributed by atoms with Crippen LogP contribution in [0.4, 0.5) is 11.4 Å². The lowest BCUT2D eigenvalue weighted by Crippen LogP contribution is -2.19. The van der Waals surface area contributed by atoms with Crippen molar-refractivity contribution in [2.75, 3.05) is 5.32 Å². The number of thioether (sulfide) groups is 1. The van der Waals surface area contributed by atoms with Gasteiger partial charge in [0.15, 0.2) is 0 Å². The molecule has 0 fully saturated rings. The van der Waals surface area contributed by atoms with Crippen molar-refractivity contribution in [1.82, 2.24) is 0 Å². The summed E-state index contributed by atoms with van der Waals surface area (Å²) in [5.41, 5.74) is 1.40. The van der Waals surface area contributed by atoms with E-state index >= 15 is 0 Å². The van der Waals surface area contributed by atoms with Crippen LogP contribution in [-0.2, 0) is 4.79 Å². The first kappa shape index (κ1) is 17.7. The Kier molecular flexibility index (Phi) is 5.66. The molecule has 0 aliphatic carbocycles. The van der Waals surface area contributed by atoms with Crippen molar-refractivity contribution < 1.29 is 9.72 Å². The number of hydrogen-bond acceptors (Lipinski definition) is 4. The van der Waals surface area contributed by atoms with Crippen LogP contribution in [0.15, 0.2) is 89.8 Å². The summed E-state index contributed by atoms with van der Waals surface area (Å²) in [4.78, 5) is 24.1. The summed E-state index contributed by atoms with van der Waals surface area (Å²) in [6.07, 6.45) is 0. The van der Waals surface area contributed by atoms with Gasteiger partial charge in [0.1, 0.15) is 5.25 Å². The van der Waals surface area contributed by atoms with Crippen molar-refractivity contribution in [3.05, 3.63) is 101 Å². The van der Waals surface area contributed by atoms with Gasteiger partial charge < -0.3 is 5.32 Å². The smallest absolute Gasteiger partial charge is 0.269 e. The molecule has 0 heterocycles. The second-order valence-corrected chi connectivity index (χ2v) is 6.69. The van der Waals surface area contributed by atoms with Gasteiger partial charge in [-0.3, -0.25) is 14.9 Å². The van der Waals surface area contributed by atoms with Crippen LogP contribution in [0.25, 0.3) is 0 Å². The summed E-state index contributed by atoms with van der Waals surface area (Å²) in [5, 5.41) is 13.2. The van der Waals surface area contributed by atoms with E-state index in [0.717, 1.165) is 10.5 Å². The molecule has 0 spiro atoms. The third-order valence-corrected chi connectivity index (χ3v) is 4.95. The number of benzene rings is 3. The molecule has 5 nitrogen and oxygen atoms in total. The van der Waals surface area contributed by atoms with E-state index in [0.29, 0.717) is 5.69 Å². The van der Waals surface area contributed by atoms with Gasteiger partial charge in [0, 0.05) is 22.7 Å². The molecule has 1 unspecified atom stereocenters. The predicted molar refractivity (Wildman–Crippen MR) is 103 cm³/mol. The minimum absolute atomic E-state index is 0.0127. The monoisotopic (exact) mass is 364 g/mol. The van der Waals surface area contributed by atoms with E-state index in [-0.39, 0.29) is 11.6 Å². The molecule has 6 heteroatoms. The van der Waals surface area contributed by atoms with Gasteiger partial charge >= 0.3 is 0 Å². The van der Waals surface area contributed by atoms with Crippen LogP contribution in [0.5, 0.6) is 0 Å². The third-order valence-electron chi connectivity index (χ3n) is 3.68. The highest BCUT2D eigenvalue weighted by atomic mass is 32.2. The van der Waals surface area contributed by atoms with Gasteiger partial charge in [-0.2, -0.15) is 0 Å². The van der Waals surface area contributed by atoms with Crippen molar-refractivity contribution in [3.8, 4) is 0 Å². The van der Waals surface area contributed by atoms with E-state index in [1.807, 2.05) is 60.7 Å². The Morgan fingerprint density at radius 2 is 1.46 bits per heavy atom. The number of nitrogens with one attached hydrogen (secondary N) is 1. The summed E-state index contributed by atoms with van der Waals surface area (Å²) in [6, 6.07) is 25.0. The Morgan fingerprint density at radius 3 is 2.04 bits per heavy atom. The zero-order chi connectivity index (χ0) is 18.4. The molecule has 3 aromatic rings. The van der Waals surface area contributed by atoms with Gasteiger partial charge in [-0.1, -0.05) is 48.5 Å². The van der Waals surface area contributed by atoms with Crippen LogP contribution >= 0.6 is 11.8 Å². The molecule has 0 aromatic heterocycles. The predicted octanol–water partition coefficient (Wildman–Crippen LogP) is 5.07. The molecule has 1 atom stereocenters. The molecule has 0 radical (unpaired) electrons. The number of nitrogens with zero attached hydrogens (tertiary/aromatic N) is 1. The molecule has 26 heavy (non-hydrogen) atoms. The Labute approximate surface area is 155 Å². The third kappa shape index (κ3) is 4.49. The van der Waals surface area contributed by atoms with Gasteiger partial charge in [0.05, 0.1) is 4.92 Å². The molecule has 3 aromatic carbocycles. The van der Waals surface area contributed by atoms with Gasteiger partial charge in [-0.05, 0) is 29.8 Å². The fourth-order valence-corrected chi connectivity index (χ4v) is 3.46. The number of nitro groups is 1. The Balaban J connectivity index is 1.81. The minimum atomic E-state index is -0.469. The normalized spacial score (nSPS) is 11.5. The molecule has 1 N–H and O–H groups in total. The van der Waals surface area contributed by atoms with Crippen LogP contribution in [0.3, 0.4) is 0 Å². The number of non-ortho nitro benzene ring substituents is 1. The van der Waals surface area contributed by atoms with Crippen LogP contribution in [0, 0.1) is 10.1 Å². The average molecular weight is 364 g/mol. The molecule has 130 valence electrons. The molecular formula is C20H16N2O3S. The summed E-state index contributed by atoms with van der Waals surface area (Å²) in [6.45, 7) is 0. The van der Waals surface area contributed by atoms with Crippen molar-refractivity contribution in [3.63, 3.8) is 0 Å². The van der Waals surface area contributed by atoms with Crippen LogP contribution in [0.2, 0.25) is 0 Å². The maximum absolute atomic E-state index is 12.9. The summed E-state index contributed by atoms with van der Waals surface area (Å²) >= 11 is 1.46. The zero-order valence-electron chi connectivity index (χ0n) is 13.7. The summed E-state index contributed by atoms with van der Waals surface area (Å²) in [7, 11) is 0. The number of hydrogen-bond donors (Lipinski definition) is 1. The fourth-order valence-electron chi connectivity index (χ4n) is 2.41. The van der Waals surface area contributed by atoms with Gasteiger partial charge in [-0.25, -0.2) is 0 Å². The minimum Gasteiger partial charge on any atom is -0.325 e. The topological polar surface area (TPSA) is 72.2 Å². The number of amides is 1. The lowest BCUT2D eigenvalue weighted by Gasteiger charge is -2.17. The molecule has 1 amide bonds. The Morgan fingerprint density at radius 1 is 0.885 bits per heavy atom. The first-order valence-electron chi connectivity index (χ1n) is 7.95. The Hall–Kier alpha value is -3.12. The second-order valence-electron chi connectivity index (χ2n) is 5.51. The average Bonchev–Trinajstić information content (AvgIpc) is 2.68. The van der Waals surface area contributed by atoms with E-state index in [1.54, 1.807) is 0 Å². The number of anilines is 1. The van der Waals surface area contributed by atoms with Gasteiger partial charge in [-0.15, -0.1) is 11.8 Å². The largest absolute Gasteiger partial charge is 0.325 e. The number of rotatable bonds is 6. The number of carbonyl (C=O) groups excluding carboxylic acids is 1. The fraction of sp³-hybridized carbons (Fsp3) is 0.0500. The maximum atomic E-state index is 12.9. The highest BCUT2D eigenvalue weighted by molar-refractivity contribution is 8.00. The molecule has 0 aliphatic rings. The first-order chi connectivity index (χ1) is 12.6. The van der Waals surface area contributed by atoms with E-state index in [1.165, 1.54) is 36.0 Å². The first-order valence-corrected chi connectivity index (χ1v) is 8.83. The SMILES string of the molecule is O=C(Nc1ccc([N+](=O)[O-])cc1)C(Sc1ccccc1)c1ccccc1.